The van der Waals surface area contributed by atoms with Gasteiger partial charge in [-0.2, -0.15) is 0 Å². The van der Waals surface area contributed by atoms with E-state index in [1.54, 1.807) is 12.1 Å². The van der Waals surface area contributed by atoms with Gasteiger partial charge in [0.05, 0.1) is 11.3 Å². The summed E-state index contributed by atoms with van der Waals surface area (Å²) < 4.78 is 26.6. The second-order valence-corrected chi connectivity index (χ2v) is 5.95. The summed E-state index contributed by atoms with van der Waals surface area (Å²) in [5.41, 5.74) is 3.22. The minimum Gasteiger partial charge on any atom is -0.338 e. The summed E-state index contributed by atoms with van der Waals surface area (Å²) in [6, 6.07) is 12.2. The third-order valence-electron chi connectivity index (χ3n) is 3.86. The monoisotopic (exact) mass is 353 g/mol. The van der Waals surface area contributed by atoms with Crippen molar-refractivity contribution >= 4 is 23.1 Å². The van der Waals surface area contributed by atoms with Crippen molar-refractivity contribution in [3.8, 4) is 0 Å². The van der Waals surface area contributed by atoms with E-state index in [1.807, 2.05) is 32.0 Å². The predicted octanol–water partition coefficient (Wildman–Crippen LogP) is 4.97. The molecule has 2 aromatic carbocycles. The molecule has 0 atom stereocenters. The lowest BCUT2D eigenvalue weighted by atomic mass is 10.1. The Balaban J connectivity index is 1.72. The third-order valence-corrected chi connectivity index (χ3v) is 3.86. The first-order chi connectivity index (χ1) is 12.4. The molecule has 3 rings (SSSR count). The van der Waals surface area contributed by atoms with Crippen LogP contribution in [0, 0.1) is 25.5 Å². The summed E-state index contributed by atoms with van der Waals surface area (Å²) in [6.45, 7) is 3.86. The number of amides is 1. The van der Waals surface area contributed by atoms with Gasteiger partial charge >= 0.3 is 0 Å². The highest BCUT2D eigenvalue weighted by molar-refractivity contribution is 6.04. The summed E-state index contributed by atoms with van der Waals surface area (Å²) >= 11 is 0. The minimum atomic E-state index is -0.719. The van der Waals surface area contributed by atoms with Crippen molar-refractivity contribution in [1.82, 2.24) is 4.98 Å². The van der Waals surface area contributed by atoms with Gasteiger partial charge in [-0.15, -0.1) is 0 Å². The molecule has 0 saturated heterocycles. The second kappa shape index (κ2) is 7.31. The van der Waals surface area contributed by atoms with E-state index in [4.69, 9.17) is 0 Å². The van der Waals surface area contributed by atoms with E-state index < -0.39 is 11.6 Å². The maximum Gasteiger partial charge on any atom is 0.257 e. The van der Waals surface area contributed by atoms with Crippen LogP contribution in [0.5, 0.6) is 0 Å². The zero-order chi connectivity index (χ0) is 18.7. The van der Waals surface area contributed by atoms with Crippen LogP contribution in [0.15, 0.2) is 54.7 Å². The average molecular weight is 353 g/mol. The molecular formula is C20H17F2N3O. The number of carbonyl (C=O) groups is 1. The zero-order valence-electron chi connectivity index (χ0n) is 14.3. The third kappa shape index (κ3) is 4.03. The maximum absolute atomic E-state index is 13.7. The van der Waals surface area contributed by atoms with Gasteiger partial charge in [0.2, 0.25) is 0 Å². The number of hydrogen-bond donors (Lipinski definition) is 2. The van der Waals surface area contributed by atoms with Gasteiger partial charge < -0.3 is 10.6 Å². The number of carbonyl (C=O) groups excluding carboxylic acids is 1. The van der Waals surface area contributed by atoms with Crippen LogP contribution < -0.4 is 10.6 Å². The first-order valence-electron chi connectivity index (χ1n) is 7.99. The summed E-state index contributed by atoms with van der Waals surface area (Å²) in [5, 5.41) is 5.60. The topological polar surface area (TPSA) is 54.0 Å². The predicted molar refractivity (Wildman–Crippen MR) is 97.7 cm³/mol. The number of hydrogen-bond acceptors (Lipinski definition) is 3. The quantitative estimate of drug-likeness (QED) is 0.696. The molecule has 0 spiro atoms. The lowest BCUT2D eigenvalue weighted by Crippen LogP contribution is -2.13. The highest BCUT2D eigenvalue weighted by Crippen LogP contribution is 2.20. The van der Waals surface area contributed by atoms with Crippen LogP contribution in [0.1, 0.15) is 21.5 Å². The number of anilines is 3. The molecule has 1 aromatic heterocycles. The van der Waals surface area contributed by atoms with Gasteiger partial charge in [0.1, 0.15) is 17.5 Å². The smallest absolute Gasteiger partial charge is 0.257 e. The van der Waals surface area contributed by atoms with Crippen LogP contribution in [0.4, 0.5) is 26.0 Å². The highest BCUT2D eigenvalue weighted by Gasteiger charge is 2.10. The minimum absolute atomic E-state index is 0.103. The van der Waals surface area contributed by atoms with E-state index in [2.05, 4.69) is 15.6 Å². The Morgan fingerprint density at radius 2 is 1.77 bits per heavy atom. The molecule has 0 bridgehead atoms. The van der Waals surface area contributed by atoms with Crippen molar-refractivity contribution in [3.05, 3.63) is 83.1 Å². The molecule has 132 valence electrons. The zero-order valence-corrected chi connectivity index (χ0v) is 14.3. The number of rotatable bonds is 4. The van der Waals surface area contributed by atoms with Crippen molar-refractivity contribution in [2.45, 2.75) is 13.8 Å². The normalized spacial score (nSPS) is 10.5. The molecule has 0 unspecified atom stereocenters. The molecule has 0 aliphatic heterocycles. The fourth-order valence-corrected chi connectivity index (χ4v) is 2.40. The largest absolute Gasteiger partial charge is 0.338 e. The Morgan fingerprint density at radius 1 is 0.962 bits per heavy atom. The SMILES string of the molecule is Cc1ccc(C)c(NC(=O)c2ccc(Nc3ccc(F)cc3F)nc2)c1. The number of nitrogens with zero attached hydrogens (tertiary/aromatic N) is 1. The molecule has 3 aromatic rings. The van der Waals surface area contributed by atoms with Crippen molar-refractivity contribution in [3.63, 3.8) is 0 Å². The Kier molecular flexibility index (Phi) is 4.93. The van der Waals surface area contributed by atoms with E-state index in [0.29, 0.717) is 11.4 Å². The van der Waals surface area contributed by atoms with Gasteiger partial charge in [0.15, 0.2) is 0 Å². The van der Waals surface area contributed by atoms with Gasteiger partial charge in [-0.25, -0.2) is 13.8 Å². The van der Waals surface area contributed by atoms with E-state index in [9.17, 15) is 13.6 Å². The van der Waals surface area contributed by atoms with Gasteiger partial charge in [-0.3, -0.25) is 4.79 Å². The summed E-state index contributed by atoms with van der Waals surface area (Å²) in [4.78, 5) is 16.5. The molecule has 4 nitrogen and oxygen atoms in total. The van der Waals surface area contributed by atoms with E-state index in [-0.39, 0.29) is 11.6 Å². The molecule has 0 aliphatic carbocycles. The molecule has 0 radical (unpaired) electrons. The molecule has 2 N–H and O–H groups in total. The Labute approximate surface area is 149 Å². The number of aryl methyl sites for hydroxylation is 2. The van der Waals surface area contributed by atoms with Gasteiger partial charge in [0, 0.05) is 18.0 Å². The number of aromatic nitrogens is 1. The molecule has 0 saturated carbocycles. The van der Waals surface area contributed by atoms with Crippen molar-refractivity contribution in [2.75, 3.05) is 10.6 Å². The molecule has 0 fully saturated rings. The van der Waals surface area contributed by atoms with Crippen LogP contribution >= 0.6 is 0 Å². The molecule has 1 heterocycles. The van der Waals surface area contributed by atoms with Crippen LogP contribution in [-0.2, 0) is 0 Å². The summed E-state index contributed by atoms with van der Waals surface area (Å²) in [7, 11) is 0. The number of nitrogens with one attached hydrogen (secondary N) is 2. The fraction of sp³-hybridized carbons (Fsp3) is 0.100. The van der Waals surface area contributed by atoms with Crippen LogP contribution in [-0.4, -0.2) is 10.9 Å². The molecule has 0 aliphatic rings. The van der Waals surface area contributed by atoms with Crippen molar-refractivity contribution in [2.24, 2.45) is 0 Å². The standard InChI is InChI=1S/C20H17F2N3O/c1-12-3-4-13(2)18(9-12)25-20(26)14-5-8-19(23-11-14)24-17-7-6-15(21)10-16(17)22/h3-11H,1-2H3,(H,23,24)(H,25,26). The average Bonchev–Trinajstić information content (AvgIpc) is 2.61. The lowest BCUT2D eigenvalue weighted by molar-refractivity contribution is 0.102. The molecule has 26 heavy (non-hydrogen) atoms. The molecule has 6 heteroatoms. The highest BCUT2D eigenvalue weighted by atomic mass is 19.1. The maximum atomic E-state index is 13.7. The van der Waals surface area contributed by atoms with E-state index >= 15 is 0 Å². The number of pyridine rings is 1. The van der Waals surface area contributed by atoms with Crippen LogP contribution in [0.3, 0.4) is 0 Å². The molecular weight excluding hydrogens is 336 g/mol. The van der Waals surface area contributed by atoms with Crippen LogP contribution in [0.25, 0.3) is 0 Å². The van der Waals surface area contributed by atoms with E-state index in [0.717, 1.165) is 28.9 Å². The lowest BCUT2D eigenvalue weighted by Gasteiger charge is -2.10. The summed E-state index contributed by atoms with van der Waals surface area (Å²) in [5.74, 6) is -1.31. The first-order valence-corrected chi connectivity index (χ1v) is 7.99. The van der Waals surface area contributed by atoms with Gasteiger partial charge in [0.25, 0.3) is 5.91 Å². The van der Waals surface area contributed by atoms with Crippen molar-refractivity contribution in [1.29, 1.82) is 0 Å². The Hall–Kier alpha value is -3.28. The van der Waals surface area contributed by atoms with Gasteiger partial charge in [-0.05, 0) is 55.3 Å². The van der Waals surface area contributed by atoms with Gasteiger partial charge in [-0.1, -0.05) is 12.1 Å². The number of benzene rings is 2. The molecule has 1 amide bonds. The number of halogens is 2. The first kappa shape index (κ1) is 17.5. The van der Waals surface area contributed by atoms with Crippen LogP contribution in [0.2, 0.25) is 0 Å². The Morgan fingerprint density at radius 3 is 2.46 bits per heavy atom. The van der Waals surface area contributed by atoms with Crippen molar-refractivity contribution < 1.29 is 13.6 Å². The summed E-state index contributed by atoms with van der Waals surface area (Å²) in [6.07, 6.45) is 1.39. The Bertz CT molecular complexity index is 956. The second-order valence-electron chi connectivity index (χ2n) is 5.95. The van der Waals surface area contributed by atoms with E-state index in [1.165, 1.54) is 12.3 Å². The fourth-order valence-electron chi connectivity index (χ4n) is 2.40.